The Morgan fingerprint density at radius 1 is 1.23 bits per heavy atom. The normalized spacial score (nSPS) is 28.2. The summed E-state index contributed by atoms with van der Waals surface area (Å²) >= 11 is 12.3. The summed E-state index contributed by atoms with van der Waals surface area (Å²) in [7, 11) is 0. The Bertz CT molecular complexity index is 1160. The van der Waals surface area contributed by atoms with Crippen LogP contribution in [0.15, 0.2) is 36.4 Å². The lowest BCUT2D eigenvalue weighted by Crippen LogP contribution is -2.49. The van der Waals surface area contributed by atoms with Crippen LogP contribution in [0.4, 0.5) is 10.1 Å². The smallest absolute Gasteiger partial charge is 0.237 e. The summed E-state index contributed by atoms with van der Waals surface area (Å²) in [5.74, 6) is -1.72. The fourth-order valence-electron chi connectivity index (χ4n) is 5.87. The first kappa shape index (κ1) is 24.5. The Hall–Kier alpha value is -2.23. The van der Waals surface area contributed by atoms with Gasteiger partial charge in [0, 0.05) is 61.9 Å². The third kappa shape index (κ3) is 4.21. The second-order valence-electron chi connectivity index (χ2n) is 9.42. The van der Waals surface area contributed by atoms with E-state index in [1.807, 2.05) is 13.0 Å². The molecular formula is C25H28Cl2FN5O2. The van der Waals surface area contributed by atoms with Gasteiger partial charge in [0.05, 0.1) is 11.1 Å². The molecule has 0 bridgehead atoms. The Morgan fingerprint density at radius 2 is 2.00 bits per heavy atom. The lowest BCUT2D eigenvalue weighted by molar-refractivity contribution is -0.123. The van der Waals surface area contributed by atoms with Crippen molar-refractivity contribution in [2.75, 3.05) is 44.6 Å². The van der Waals surface area contributed by atoms with Crippen molar-refractivity contribution in [3.8, 4) is 0 Å². The lowest BCUT2D eigenvalue weighted by atomic mass is 9.65. The highest BCUT2D eigenvalue weighted by molar-refractivity contribution is 6.31. The summed E-state index contributed by atoms with van der Waals surface area (Å²) in [6.07, 6.45) is 0. The molecule has 0 radical (unpaired) electrons. The van der Waals surface area contributed by atoms with Crippen LogP contribution in [0.5, 0.6) is 0 Å². The van der Waals surface area contributed by atoms with Gasteiger partial charge in [-0.25, -0.2) is 4.39 Å². The Labute approximate surface area is 213 Å². The minimum Gasteiger partial charge on any atom is -0.353 e. The fourth-order valence-corrected chi connectivity index (χ4v) is 6.24. The van der Waals surface area contributed by atoms with E-state index in [1.165, 1.54) is 12.1 Å². The fraction of sp³-hybridized carbons (Fsp3) is 0.440. The molecule has 0 saturated carbocycles. The van der Waals surface area contributed by atoms with Gasteiger partial charge in [0.2, 0.25) is 11.8 Å². The molecule has 35 heavy (non-hydrogen) atoms. The second kappa shape index (κ2) is 9.67. The van der Waals surface area contributed by atoms with Gasteiger partial charge >= 0.3 is 0 Å². The molecule has 2 amide bonds. The van der Waals surface area contributed by atoms with Gasteiger partial charge in [-0.05, 0) is 42.3 Å². The number of nitrogens with zero attached hydrogens (tertiary/aromatic N) is 1. The van der Waals surface area contributed by atoms with E-state index in [0.717, 1.165) is 38.3 Å². The first-order valence-corrected chi connectivity index (χ1v) is 12.6. The molecule has 1 spiro atoms. The van der Waals surface area contributed by atoms with Gasteiger partial charge in [0.15, 0.2) is 0 Å². The zero-order valence-corrected chi connectivity index (χ0v) is 20.8. The summed E-state index contributed by atoms with van der Waals surface area (Å²) in [5, 5.41) is 13.0. The Balaban J connectivity index is 1.50. The predicted molar refractivity (Wildman–Crippen MR) is 135 cm³/mol. The molecule has 3 aliphatic rings. The average Bonchev–Trinajstić information content (AvgIpc) is 3.29. The summed E-state index contributed by atoms with van der Waals surface area (Å²) in [4.78, 5) is 29.5. The average molecular weight is 520 g/mol. The molecule has 0 aromatic heterocycles. The monoisotopic (exact) mass is 519 g/mol. The number of anilines is 1. The maximum absolute atomic E-state index is 14.7. The van der Waals surface area contributed by atoms with Crippen molar-refractivity contribution in [3.63, 3.8) is 0 Å². The molecule has 5 rings (SSSR count). The zero-order chi connectivity index (χ0) is 24.7. The number of piperazine rings is 1. The molecule has 7 nitrogen and oxygen atoms in total. The Morgan fingerprint density at radius 3 is 2.74 bits per heavy atom. The molecule has 4 atom stereocenters. The van der Waals surface area contributed by atoms with Crippen LogP contribution < -0.4 is 21.3 Å². The van der Waals surface area contributed by atoms with Gasteiger partial charge in [0.1, 0.15) is 11.2 Å². The topological polar surface area (TPSA) is 85.5 Å². The van der Waals surface area contributed by atoms with E-state index in [0.29, 0.717) is 22.8 Å². The van der Waals surface area contributed by atoms with E-state index < -0.39 is 29.2 Å². The summed E-state index contributed by atoms with van der Waals surface area (Å²) in [6.45, 7) is 6.84. The van der Waals surface area contributed by atoms with E-state index in [1.54, 1.807) is 18.2 Å². The van der Waals surface area contributed by atoms with Crippen LogP contribution in [0, 0.1) is 5.82 Å². The SMILES string of the molecule is CC1NC(C(=O)NCCN2CCNCC2)C(c2cccc(Cl)c2)C12C(=O)Nc1cc(Cl)c(F)cc12. The molecule has 3 aliphatic heterocycles. The van der Waals surface area contributed by atoms with Crippen molar-refractivity contribution in [1.29, 1.82) is 0 Å². The number of nitrogens with one attached hydrogen (secondary N) is 4. The first-order valence-electron chi connectivity index (χ1n) is 11.9. The van der Waals surface area contributed by atoms with Crippen molar-refractivity contribution < 1.29 is 14.0 Å². The van der Waals surface area contributed by atoms with Gasteiger partial charge < -0.3 is 21.3 Å². The molecule has 10 heteroatoms. The van der Waals surface area contributed by atoms with Gasteiger partial charge in [-0.2, -0.15) is 0 Å². The van der Waals surface area contributed by atoms with E-state index >= 15 is 0 Å². The number of benzene rings is 2. The van der Waals surface area contributed by atoms with Crippen molar-refractivity contribution in [1.82, 2.24) is 20.9 Å². The highest BCUT2D eigenvalue weighted by Crippen LogP contribution is 2.55. The number of hydrogen-bond acceptors (Lipinski definition) is 5. The van der Waals surface area contributed by atoms with Crippen molar-refractivity contribution in [2.45, 2.75) is 30.3 Å². The number of rotatable bonds is 5. The number of carbonyl (C=O) groups is 2. The molecule has 2 aromatic carbocycles. The standard InChI is InChI=1S/C25H28Cl2FN5O2/c1-14-25(17-12-19(28)18(27)13-20(17)32-24(25)35)21(15-3-2-4-16(26)11-15)22(31-14)23(34)30-7-10-33-8-5-29-6-9-33/h2-4,11-14,21-22,29,31H,5-10H2,1H3,(H,30,34)(H,32,35). The maximum Gasteiger partial charge on any atom is 0.237 e. The molecule has 2 saturated heterocycles. The molecule has 4 N–H and O–H groups in total. The van der Waals surface area contributed by atoms with Crippen LogP contribution in [-0.2, 0) is 15.0 Å². The zero-order valence-electron chi connectivity index (χ0n) is 19.3. The highest BCUT2D eigenvalue weighted by Gasteiger charge is 2.64. The van der Waals surface area contributed by atoms with Crippen LogP contribution in [0.25, 0.3) is 0 Å². The van der Waals surface area contributed by atoms with E-state index in [4.69, 9.17) is 23.2 Å². The number of hydrogen-bond donors (Lipinski definition) is 4. The minimum absolute atomic E-state index is 0.0683. The van der Waals surface area contributed by atoms with E-state index in [9.17, 15) is 14.0 Å². The lowest BCUT2D eigenvalue weighted by Gasteiger charge is -2.34. The molecule has 0 aliphatic carbocycles. The highest BCUT2D eigenvalue weighted by atomic mass is 35.5. The van der Waals surface area contributed by atoms with Gasteiger partial charge in [-0.15, -0.1) is 0 Å². The largest absolute Gasteiger partial charge is 0.353 e. The number of fused-ring (bicyclic) bond motifs is 2. The van der Waals surface area contributed by atoms with Crippen molar-refractivity contribution in [2.24, 2.45) is 0 Å². The summed E-state index contributed by atoms with van der Waals surface area (Å²) < 4.78 is 14.7. The third-order valence-electron chi connectivity index (χ3n) is 7.49. The van der Waals surface area contributed by atoms with Crippen LogP contribution in [0.1, 0.15) is 24.0 Å². The van der Waals surface area contributed by atoms with Crippen molar-refractivity contribution >= 4 is 40.7 Å². The Kier molecular flexibility index (Phi) is 6.76. The molecular weight excluding hydrogens is 492 g/mol. The molecule has 186 valence electrons. The van der Waals surface area contributed by atoms with E-state index in [2.05, 4.69) is 26.2 Å². The molecule has 2 fully saturated rings. The second-order valence-corrected chi connectivity index (χ2v) is 10.3. The van der Waals surface area contributed by atoms with Crippen LogP contribution in [0.2, 0.25) is 10.0 Å². The number of halogens is 3. The van der Waals surface area contributed by atoms with Gasteiger partial charge in [-0.1, -0.05) is 35.3 Å². The van der Waals surface area contributed by atoms with Gasteiger partial charge in [0.25, 0.3) is 0 Å². The number of carbonyl (C=O) groups excluding carboxylic acids is 2. The van der Waals surface area contributed by atoms with Crippen LogP contribution in [-0.4, -0.2) is 68.1 Å². The maximum atomic E-state index is 14.7. The third-order valence-corrected chi connectivity index (χ3v) is 8.02. The van der Waals surface area contributed by atoms with Crippen LogP contribution >= 0.6 is 23.2 Å². The predicted octanol–water partition coefficient (Wildman–Crippen LogP) is 2.49. The molecule has 2 aromatic rings. The first-order chi connectivity index (χ1) is 16.8. The summed E-state index contributed by atoms with van der Waals surface area (Å²) in [6, 6.07) is 8.73. The minimum atomic E-state index is -1.22. The molecule has 4 unspecified atom stereocenters. The summed E-state index contributed by atoms with van der Waals surface area (Å²) in [5.41, 5.74) is 0.466. The molecule has 3 heterocycles. The van der Waals surface area contributed by atoms with Crippen molar-refractivity contribution in [3.05, 3.63) is 63.4 Å². The van der Waals surface area contributed by atoms with Crippen LogP contribution in [0.3, 0.4) is 0 Å². The van der Waals surface area contributed by atoms with E-state index in [-0.39, 0.29) is 16.8 Å². The quantitative estimate of drug-likeness (QED) is 0.487. The number of amides is 2. The van der Waals surface area contributed by atoms with Gasteiger partial charge in [-0.3, -0.25) is 14.5 Å².